The summed E-state index contributed by atoms with van der Waals surface area (Å²) < 4.78 is 56.9. The van der Waals surface area contributed by atoms with Gasteiger partial charge < -0.3 is 10.1 Å². The quantitative estimate of drug-likeness (QED) is 0.491. The monoisotopic (exact) mass is 376 g/mol. The topological polar surface area (TPSA) is 102 Å². The van der Waals surface area contributed by atoms with Crippen LogP contribution in [0.25, 0.3) is 0 Å². The van der Waals surface area contributed by atoms with Crippen LogP contribution in [0.4, 0.5) is 8.78 Å². The van der Waals surface area contributed by atoms with E-state index in [9.17, 15) is 26.8 Å². The fraction of sp³-hybridized carbons (Fsp3) is 0.467. The van der Waals surface area contributed by atoms with Gasteiger partial charge in [0.05, 0.1) is 0 Å². The minimum Gasteiger partial charge on any atom is -0.456 e. The van der Waals surface area contributed by atoms with Crippen LogP contribution in [0.3, 0.4) is 0 Å². The normalized spacial score (nSPS) is 14.2. The molecule has 1 aliphatic rings. The van der Waals surface area contributed by atoms with Gasteiger partial charge >= 0.3 is 5.97 Å². The maximum atomic E-state index is 13.5. The highest BCUT2D eigenvalue weighted by molar-refractivity contribution is 7.89. The third-order valence-electron chi connectivity index (χ3n) is 3.34. The van der Waals surface area contributed by atoms with Crippen LogP contribution in [0.2, 0.25) is 0 Å². The Morgan fingerprint density at radius 3 is 2.60 bits per heavy atom. The van der Waals surface area contributed by atoms with Crippen molar-refractivity contribution >= 4 is 21.9 Å². The van der Waals surface area contributed by atoms with E-state index in [0.717, 1.165) is 25.0 Å². The number of halogens is 2. The predicted molar refractivity (Wildman–Crippen MR) is 82.9 cm³/mol. The first-order valence-electron chi connectivity index (χ1n) is 7.67. The first-order valence-corrected chi connectivity index (χ1v) is 9.16. The molecule has 0 unspecified atom stereocenters. The average molecular weight is 376 g/mol. The molecule has 0 bridgehead atoms. The summed E-state index contributed by atoms with van der Waals surface area (Å²) in [5, 5.41) is 2.65. The zero-order chi connectivity index (χ0) is 18.4. The first-order chi connectivity index (χ1) is 11.8. The molecule has 1 amide bonds. The SMILES string of the molecule is O=C(COC(=O)CCCNS(=O)(=O)c1ccc(F)cc1F)NC1CC1. The molecule has 1 aromatic rings. The van der Waals surface area contributed by atoms with Crippen LogP contribution in [0.15, 0.2) is 23.1 Å². The highest BCUT2D eigenvalue weighted by Gasteiger charge is 2.23. The minimum atomic E-state index is -4.15. The van der Waals surface area contributed by atoms with Crippen molar-refractivity contribution in [3.63, 3.8) is 0 Å². The number of nitrogens with one attached hydrogen (secondary N) is 2. The number of hydrogen-bond donors (Lipinski definition) is 2. The van der Waals surface area contributed by atoms with E-state index in [1.165, 1.54) is 0 Å². The van der Waals surface area contributed by atoms with Gasteiger partial charge in [0.25, 0.3) is 5.91 Å². The van der Waals surface area contributed by atoms with Gasteiger partial charge in [-0.25, -0.2) is 21.9 Å². The number of sulfonamides is 1. The third-order valence-corrected chi connectivity index (χ3v) is 4.83. The lowest BCUT2D eigenvalue weighted by molar-refractivity contribution is -0.148. The molecule has 0 aliphatic heterocycles. The fourth-order valence-corrected chi connectivity index (χ4v) is 3.06. The van der Waals surface area contributed by atoms with Crippen molar-refractivity contribution in [3.05, 3.63) is 29.8 Å². The first kappa shape index (κ1) is 19.3. The smallest absolute Gasteiger partial charge is 0.306 e. The van der Waals surface area contributed by atoms with E-state index in [0.29, 0.717) is 6.07 Å². The Kier molecular flexibility index (Phi) is 6.43. The van der Waals surface area contributed by atoms with Gasteiger partial charge in [0.1, 0.15) is 16.5 Å². The number of carbonyl (C=O) groups excluding carboxylic acids is 2. The van der Waals surface area contributed by atoms with Crippen LogP contribution in [0.5, 0.6) is 0 Å². The van der Waals surface area contributed by atoms with E-state index in [1.807, 2.05) is 0 Å². The zero-order valence-electron chi connectivity index (χ0n) is 13.3. The molecule has 0 heterocycles. The molecule has 0 spiro atoms. The van der Waals surface area contributed by atoms with Gasteiger partial charge in [0.2, 0.25) is 10.0 Å². The Labute approximate surface area is 143 Å². The molecule has 0 atom stereocenters. The number of carbonyl (C=O) groups is 2. The molecule has 25 heavy (non-hydrogen) atoms. The van der Waals surface area contributed by atoms with Crippen LogP contribution in [-0.4, -0.2) is 39.5 Å². The number of ether oxygens (including phenoxy) is 1. The molecule has 7 nitrogen and oxygen atoms in total. The summed E-state index contributed by atoms with van der Waals surface area (Å²) in [7, 11) is -4.15. The molecule has 1 saturated carbocycles. The van der Waals surface area contributed by atoms with Crippen molar-refractivity contribution in [1.82, 2.24) is 10.0 Å². The number of esters is 1. The average Bonchev–Trinajstić information content (AvgIpc) is 3.33. The lowest BCUT2D eigenvalue weighted by atomic mass is 10.3. The second kappa shape index (κ2) is 8.34. The third kappa shape index (κ3) is 6.39. The van der Waals surface area contributed by atoms with Gasteiger partial charge in [-0.15, -0.1) is 0 Å². The van der Waals surface area contributed by atoms with Gasteiger partial charge in [-0.05, 0) is 31.4 Å². The number of rotatable bonds is 9. The summed E-state index contributed by atoms with van der Waals surface area (Å²) in [6.45, 7) is -0.510. The molecule has 1 fully saturated rings. The number of benzene rings is 1. The van der Waals surface area contributed by atoms with Crippen molar-refractivity contribution in [3.8, 4) is 0 Å². The highest BCUT2D eigenvalue weighted by atomic mass is 32.2. The van der Waals surface area contributed by atoms with Crippen LogP contribution in [-0.2, 0) is 24.3 Å². The van der Waals surface area contributed by atoms with Gasteiger partial charge in [-0.3, -0.25) is 9.59 Å². The van der Waals surface area contributed by atoms with Crippen molar-refractivity contribution < 1.29 is 31.5 Å². The highest BCUT2D eigenvalue weighted by Crippen LogP contribution is 2.18. The Morgan fingerprint density at radius 1 is 1.24 bits per heavy atom. The molecule has 2 rings (SSSR count). The standard InChI is InChI=1S/C15H18F2N2O5S/c16-10-3-6-13(12(17)8-10)25(22,23)18-7-1-2-15(21)24-9-14(20)19-11-4-5-11/h3,6,8,11,18H,1-2,4-5,7,9H2,(H,19,20). The van der Waals surface area contributed by atoms with E-state index in [1.54, 1.807) is 0 Å². The van der Waals surface area contributed by atoms with Crippen molar-refractivity contribution in [1.29, 1.82) is 0 Å². The number of hydrogen-bond acceptors (Lipinski definition) is 5. The van der Waals surface area contributed by atoms with Crippen LogP contribution in [0.1, 0.15) is 25.7 Å². The maximum absolute atomic E-state index is 13.5. The molecular weight excluding hydrogens is 358 g/mol. The predicted octanol–water partition coefficient (Wildman–Crippen LogP) is 0.845. The molecule has 0 radical (unpaired) electrons. The van der Waals surface area contributed by atoms with Crippen molar-refractivity contribution in [2.24, 2.45) is 0 Å². The summed E-state index contributed by atoms with van der Waals surface area (Å²) in [5.41, 5.74) is 0. The summed E-state index contributed by atoms with van der Waals surface area (Å²) in [6, 6.07) is 2.30. The summed E-state index contributed by atoms with van der Waals surface area (Å²) in [4.78, 5) is 22.1. The minimum absolute atomic E-state index is 0.102. The van der Waals surface area contributed by atoms with E-state index < -0.39 is 32.5 Å². The lowest BCUT2D eigenvalue weighted by Gasteiger charge is -2.08. The largest absolute Gasteiger partial charge is 0.456 e. The zero-order valence-corrected chi connectivity index (χ0v) is 14.1. The van der Waals surface area contributed by atoms with E-state index in [-0.39, 0.29) is 37.9 Å². The van der Waals surface area contributed by atoms with Gasteiger partial charge in [-0.1, -0.05) is 0 Å². The van der Waals surface area contributed by atoms with E-state index >= 15 is 0 Å². The van der Waals surface area contributed by atoms with Gasteiger partial charge in [-0.2, -0.15) is 0 Å². The van der Waals surface area contributed by atoms with Crippen LogP contribution in [0, 0.1) is 11.6 Å². The Balaban J connectivity index is 1.68. The van der Waals surface area contributed by atoms with Crippen molar-refractivity contribution in [2.45, 2.75) is 36.6 Å². The molecular formula is C15H18F2N2O5S. The number of amides is 1. The summed E-state index contributed by atoms with van der Waals surface area (Å²) >= 11 is 0. The van der Waals surface area contributed by atoms with Crippen molar-refractivity contribution in [2.75, 3.05) is 13.2 Å². The van der Waals surface area contributed by atoms with Gasteiger partial charge in [0, 0.05) is 25.1 Å². The Hall–Kier alpha value is -2.07. The second-order valence-electron chi connectivity index (χ2n) is 5.58. The lowest BCUT2D eigenvalue weighted by Crippen LogP contribution is -2.30. The molecule has 2 N–H and O–H groups in total. The second-order valence-corrected chi connectivity index (χ2v) is 7.31. The summed E-state index contributed by atoms with van der Waals surface area (Å²) in [6.07, 6.45) is 1.85. The Morgan fingerprint density at radius 2 is 1.96 bits per heavy atom. The molecule has 1 aliphatic carbocycles. The Bertz CT molecular complexity index is 750. The van der Waals surface area contributed by atoms with Crippen LogP contribution >= 0.6 is 0 Å². The molecule has 138 valence electrons. The molecule has 0 saturated heterocycles. The summed E-state index contributed by atoms with van der Waals surface area (Å²) in [5.74, 6) is -3.10. The van der Waals surface area contributed by atoms with Crippen LogP contribution < -0.4 is 10.0 Å². The fourth-order valence-electron chi connectivity index (χ4n) is 1.93. The maximum Gasteiger partial charge on any atom is 0.306 e. The van der Waals surface area contributed by atoms with E-state index in [4.69, 9.17) is 4.74 Å². The molecule has 1 aromatic carbocycles. The van der Waals surface area contributed by atoms with Gasteiger partial charge in [0.15, 0.2) is 6.61 Å². The molecule has 0 aromatic heterocycles. The van der Waals surface area contributed by atoms with E-state index in [2.05, 4.69) is 10.0 Å². The molecule has 10 heteroatoms.